The standard InChI is InChI=1S/C19H12BrFINO/c20-14-5-10-19(17(21)11-14)24-18-4-2-1-3-13(18)12-23-16-8-6-15(22)7-9-16/h1-12H/b23-12+. The smallest absolute Gasteiger partial charge is 0.166 e. The van der Waals surface area contributed by atoms with Crippen molar-refractivity contribution in [3.8, 4) is 11.5 Å². The molecule has 0 spiro atoms. The van der Waals surface area contributed by atoms with Crippen molar-refractivity contribution in [3.63, 3.8) is 0 Å². The number of hydrogen-bond donors (Lipinski definition) is 0. The van der Waals surface area contributed by atoms with Gasteiger partial charge in [-0.25, -0.2) is 4.39 Å². The quantitative estimate of drug-likeness (QED) is 0.290. The van der Waals surface area contributed by atoms with Gasteiger partial charge < -0.3 is 4.74 Å². The number of aliphatic imine (C=N–C) groups is 1. The highest BCUT2D eigenvalue weighted by atomic mass is 127. The summed E-state index contributed by atoms with van der Waals surface area (Å²) in [7, 11) is 0. The van der Waals surface area contributed by atoms with Crippen molar-refractivity contribution >= 4 is 50.4 Å². The summed E-state index contributed by atoms with van der Waals surface area (Å²) in [4.78, 5) is 4.45. The average Bonchev–Trinajstić information content (AvgIpc) is 2.58. The Balaban J connectivity index is 1.86. The minimum atomic E-state index is -0.422. The van der Waals surface area contributed by atoms with Crippen molar-refractivity contribution < 1.29 is 9.13 Å². The van der Waals surface area contributed by atoms with Crippen LogP contribution in [0.2, 0.25) is 0 Å². The molecule has 0 fully saturated rings. The first-order valence-electron chi connectivity index (χ1n) is 7.13. The highest BCUT2D eigenvalue weighted by Gasteiger charge is 2.08. The minimum absolute atomic E-state index is 0.174. The summed E-state index contributed by atoms with van der Waals surface area (Å²) < 4.78 is 21.5. The Labute approximate surface area is 161 Å². The molecule has 5 heteroatoms. The number of nitrogens with zero attached hydrogens (tertiary/aromatic N) is 1. The molecule has 0 amide bonds. The van der Waals surface area contributed by atoms with Gasteiger partial charge in [0.05, 0.1) is 5.69 Å². The van der Waals surface area contributed by atoms with E-state index in [1.54, 1.807) is 24.4 Å². The first-order valence-corrected chi connectivity index (χ1v) is 9.00. The van der Waals surface area contributed by atoms with Crippen LogP contribution in [0.25, 0.3) is 0 Å². The van der Waals surface area contributed by atoms with E-state index >= 15 is 0 Å². The van der Waals surface area contributed by atoms with E-state index in [1.807, 2.05) is 42.5 Å². The maximum absolute atomic E-state index is 14.0. The van der Waals surface area contributed by atoms with Crippen LogP contribution in [0.4, 0.5) is 10.1 Å². The fraction of sp³-hybridized carbons (Fsp3) is 0. The number of hydrogen-bond acceptors (Lipinski definition) is 2. The lowest BCUT2D eigenvalue weighted by Gasteiger charge is -2.09. The van der Waals surface area contributed by atoms with Crippen LogP contribution >= 0.6 is 38.5 Å². The molecule has 24 heavy (non-hydrogen) atoms. The molecule has 2 nitrogen and oxygen atoms in total. The molecule has 0 aliphatic rings. The zero-order valence-electron chi connectivity index (χ0n) is 12.4. The molecule has 0 atom stereocenters. The van der Waals surface area contributed by atoms with Gasteiger partial charge in [0.2, 0.25) is 0 Å². The van der Waals surface area contributed by atoms with Gasteiger partial charge in [-0.15, -0.1) is 0 Å². The second-order valence-electron chi connectivity index (χ2n) is 4.95. The van der Waals surface area contributed by atoms with Crippen molar-refractivity contribution in [3.05, 3.63) is 86.2 Å². The van der Waals surface area contributed by atoms with Gasteiger partial charge in [-0.1, -0.05) is 28.1 Å². The van der Waals surface area contributed by atoms with Gasteiger partial charge in [0, 0.05) is 19.8 Å². The zero-order chi connectivity index (χ0) is 16.9. The maximum atomic E-state index is 14.0. The SMILES string of the molecule is Fc1cc(Br)ccc1Oc1ccccc1/C=N/c1ccc(I)cc1. The van der Waals surface area contributed by atoms with Gasteiger partial charge in [0.25, 0.3) is 0 Å². The molecule has 0 saturated heterocycles. The summed E-state index contributed by atoms with van der Waals surface area (Å²) in [5.41, 5.74) is 1.62. The first kappa shape index (κ1) is 17.1. The van der Waals surface area contributed by atoms with E-state index in [0.717, 1.165) is 14.8 Å². The molecule has 3 rings (SSSR count). The van der Waals surface area contributed by atoms with E-state index in [1.165, 1.54) is 6.07 Å². The summed E-state index contributed by atoms with van der Waals surface area (Å²) in [5, 5.41) is 0. The molecule has 0 aliphatic heterocycles. The Bertz CT molecular complexity index is 881. The number of rotatable bonds is 4. The summed E-state index contributed by atoms with van der Waals surface area (Å²) >= 11 is 5.48. The van der Waals surface area contributed by atoms with E-state index < -0.39 is 5.82 Å². The van der Waals surface area contributed by atoms with Crippen molar-refractivity contribution in [2.24, 2.45) is 4.99 Å². The van der Waals surface area contributed by atoms with Gasteiger partial charge in [0.15, 0.2) is 11.6 Å². The molecular weight excluding hydrogens is 484 g/mol. The molecule has 0 heterocycles. The maximum Gasteiger partial charge on any atom is 0.166 e. The Morgan fingerprint density at radius 1 is 0.958 bits per heavy atom. The second kappa shape index (κ2) is 7.90. The number of para-hydroxylation sites is 1. The van der Waals surface area contributed by atoms with Gasteiger partial charge in [-0.05, 0) is 77.2 Å². The molecule has 3 aromatic carbocycles. The van der Waals surface area contributed by atoms with Crippen LogP contribution < -0.4 is 4.74 Å². The van der Waals surface area contributed by atoms with Gasteiger partial charge >= 0.3 is 0 Å². The van der Waals surface area contributed by atoms with Crippen LogP contribution in [-0.4, -0.2) is 6.21 Å². The van der Waals surface area contributed by atoms with Crippen molar-refractivity contribution in [1.82, 2.24) is 0 Å². The van der Waals surface area contributed by atoms with Gasteiger partial charge in [0.1, 0.15) is 5.75 Å². The Hall–Kier alpha value is -1.73. The van der Waals surface area contributed by atoms with Crippen LogP contribution in [0.15, 0.2) is 76.2 Å². The third kappa shape index (κ3) is 4.42. The highest BCUT2D eigenvalue weighted by Crippen LogP contribution is 2.28. The normalized spacial score (nSPS) is 11.0. The largest absolute Gasteiger partial charge is 0.454 e. The Morgan fingerprint density at radius 2 is 1.71 bits per heavy atom. The molecule has 0 bridgehead atoms. The molecule has 120 valence electrons. The molecule has 0 N–H and O–H groups in total. The molecule has 3 aromatic rings. The van der Waals surface area contributed by atoms with Crippen molar-refractivity contribution in [2.75, 3.05) is 0 Å². The predicted molar refractivity (Wildman–Crippen MR) is 107 cm³/mol. The average molecular weight is 496 g/mol. The molecule has 0 aliphatic carbocycles. The highest BCUT2D eigenvalue weighted by molar-refractivity contribution is 14.1. The molecular formula is C19H12BrFINO. The predicted octanol–water partition coefficient (Wildman–Crippen LogP) is 6.74. The van der Waals surface area contributed by atoms with Gasteiger partial charge in [-0.2, -0.15) is 0 Å². The van der Waals surface area contributed by atoms with E-state index in [-0.39, 0.29) is 5.75 Å². The van der Waals surface area contributed by atoms with E-state index in [4.69, 9.17) is 4.74 Å². The molecule has 0 saturated carbocycles. The summed E-state index contributed by atoms with van der Waals surface area (Å²) in [6.07, 6.45) is 1.72. The van der Waals surface area contributed by atoms with Crippen LogP contribution in [-0.2, 0) is 0 Å². The summed E-state index contributed by atoms with van der Waals surface area (Å²) in [6, 6.07) is 20.0. The van der Waals surface area contributed by atoms with Crippen molar-refractivity contribution in [1.29, 1.82) is 0 Å². The number of halogens is 3. The van der Waals surface area contributed by atoms with E-state index in [2.05, 4.69) is 43.5 Å². The monoisotopic (exact) mass is 495 g/mol. The number of benzene rings is 3. The number of ether oxygens (including phenoxy) is 1. The molecule has 0 radical (unpaired) electrons. The van der Waals surface area contributed by atoms with Crippen molar-refractivity contribution in [2.45, 2.75) is 0 Å². The fourth-order valence-electron chi connectivity index (χ4n) is 2.03. The lowest BCUT2D eigenvalue weighted by molar-refractivity contribution is 0.441. The summed E-state index contributed by atoms with van der Waals surface area (Å²) in [5.74, 6) is 0.301. The summed E-state index contributed by atoms with van der Waals surface area (Å²) in [6.45, 7) is 0. The second-order valence-corrected chi connectivity index (χ2v) is 7.11. The topological polar surface area (TPSA) is 21.6 Å². The minimum Gasteiger partial charge on any atom is -0.454 e. The van der Waals surface area contributed by atoms with Gasteiger partial charge in [-0.3, -0.25) is 4.99 Å². The lowest BCUT2D eigenvalue weighted by Crippen LogP contribution is -1.92. The van der Waals surface area contributed by atoms with Crippen LogP contribution in [0.5, 0.6) is 11.5 Å². The molecule has 0 aromatic heterocycles. The zero-order valence-corrected chi connectivity index (χ0v) is 16.2. The fourth-order valence-corrected chi connectivity index (χ4v) is 2.72. The van der Waals surface area contributed by atoms with Crippen LogP contribution in [0, 0.1) is 9.39 Å². The Morgan fingerprint density at radius 3 is 2.46 bits per heavy atom. The third-order valence-electron chi connectivity index (χ3n) is 3.21. The van der Waals surface area contributed by atoms with Crippen LogP contribution in [0.1, 0.15) is 5.56 Å². The first-order chi connectivity index (χ1) is 11.6. The van der Waals surface area contributed by atoms with E-state index in [0.29, 0.717) is 10.2 Å². The van der Waals surface area contributed by atoms with E-state index in [9.17, 15) is 4.39 Å². The van der Waals surface area contributed by atoms with Crippen LogP contribution in [0.3, 0.4) is 0 Å². The lowest BCUT2D eigenvalue weighted by atomic mass is 10.2. The molecule has 0 unspecified atom stereocenters. The third-order valence-corrected chi connectivity index (χ3v) is 4.42. The Kier molecular flexibility index (Phi) is 5.63.